The second-order valence-electron chi connectivity index (χ2n) is 6.06. The highest BCUT2D eigenvalue weighted by Crippen LogP contribution is 2.18. The van der Waals surface area contributed by atoms with Crippen LogP contribution in [0.25, 0.3) is 0 Å². The third-order valence-electron chi connectivity index (χ3n) is 4.24. The second-order valence-corrected chi connectivity index (χ2v) is 6.06. The highest BCUT2D eigenvalue weighted by atomic mass is 16.5. The van der Waals surface area contributed by atoms with Gasteiger partial charge in [0, 0.05) is 50.4 Å². The van der Waals surface area contributed by atoms with E-state index in [0.29, 0.717) is 24.9 Å². The Labute approximate surface area is 142 Å². The van der Waals surface area contributed by atoms with Crippen molar-refractivity contribution < 1.29 is 9.26 Å². The molecule has 0 bridgehead atoms. The highest BCUT2D eigenvalue weighted by Gasteiger charge is 2.20. The van der Waals surface area contributed by atoms with E-state index in [1.807, 2.05) is 27.0 Å². The van der Waals surface area contributed by atoms with E-state index in [4.69, 9.17) is 9.26 Å². The number of piperazine rings is 1. The maximum atomic E-state index is 5.49. The molecule has 1 atom stereocenters. The first-order chi connectivity index (χ1) is 11.7. The summed E-state index contributed by atoms with van der Waals surface area (Å²) in [6.07, 6.45) is 1.75. The number of aryl methyl sites for hydroxylation is 1. The Morgan fingerprint density at radius 2 is 2.08 bits per heavy atom. The molecule has 7 heteroatoms. The zero-order chi connectivity index (χ0) is 16.9. The first-order valence-electron chi connectivity index (χ1n) is 8.49. The molecule has 24 heavy (non-hydrogen) atoms. The second kappa shape index (κ2) is 7.72. The number of ether oxygens (including phenoxy) is 1. The molecule has 0 saturated carbocycles. The van der Waals surface area contributed by atoms with E-state index in [2.05, 4.69) is 37.1 Å². The van der Waals surface area contributed by atoms with Gasteiger partial charge in [-0.15, -0.1) is 0 Å². The Morgan fingerprint density at radius 1 is 1.29 bits per heavy atom. The minimum Gasteiger partial charge on any atom is -0.371 e. The molecular formula is C17H25N5O2. The standard InChI is InChI=1S/C17H25N5O2/c1-4-23-14(3)17-19-16(24-20-17)12-21-7-9-22(10-8-21)15-5-6-18-13(2)11-15/h5-6,11,14H,4,7-10,12H2,1-3H3. The molecule has 1 aliphatic heterocycles. The highest BCUT2D eigenvalue weighted by molar-refractivity contribution is 5.46. The molecule has 0 aliphatic carbocycles. The predicted octanol–water partition coefficient (Wildman–Crippen LogP) is 2.19. The molecule has 1 aliphatic rings. The number of aromatic nitrogens is 3. The van der Waals surface area contributed by atoms with Crippen molar-refractivity contribution in [3.05, 3.63) is 35.7 Å². The number of rotatable bonds is 6. The fourth-order valence-electron chi connectivity index (χ4n) is 2.90. The lowest BCUT2D eigenvalue weighted by molar-refractivity contribution is 0.0683. The molecular weight excluding hydrogens is 306 g/mol. The Hall–Kier alpha value is -1.99. The quantitative estimate of drug-likeness (QED) is 0.803. The lowest BCUT2D eigenvalue weighted by Gasteiger charge is -2.35. The molecule has 1 saturated heterocycles. The molecule has 3 heterocycles. The lowest BCUT2D eigenvalue weighted by atomic mass is 10.2. The molecule has 7 nitrogen and oxygen atoms in total. The number of hydrogen-bond donors (Lipinski definition) is 0. The van der Waals surface area contributed by atoms with Crippen LogP contribution in [0.2, 0.25) is 0 Å². The predicted molar refractivity (Wildman–Crippen MR) is 90.8 cm³/mol. The third kappa shape index (κ3) is 4.10. The van der Waals surface area contributed by atoms with Crippen LogP contribution in [0, 0.1) is 6.92 Å². The lowest BCUT2D eigenvalue weighted by Crippen LogP contribution is -2.46. The van der Waals surface area contributed by atoms with E-state index in [-0.39, 0.29) is 6.10 Å². The molecule has 0 amide bonds. The Balaban J connectivity index is 1.52. The van der Waals surface area contributed by atoms with E-state index in [9.17, 15) is 0 Å². The zero-order valence-electron chi connectivity index (χ0n) is 14.6. The molecule has 1 unspecified atom stereocenters. The molecule has 130 valence electrons. The van der Waals surface area contributed by atoms with Gasteiger partial charge in [0.2, 0.25) is 5.89 Å². The van der Waals surface area contributed by atoms with Gasteiger partial charge in [-0.2, -0.15) is 4.98 Å². The average molecular weight is 331 g/mol. The molecule has 2 aromatic rings. The van der Waals surface area contributed by atoms with Gasteiger partial charge in [0.15, 0.2) is 5.82 Å². The summed E-state index contributed by atoms with van der Waals surface area (Å²) in [5.41, 5.74) is 2.30. The normalized spacial score (nSPS) is 17.2. The molecule has 0 radical (unpaired) electrons. The van der Waals surface area contributed by atoms with E-state index >= 15 is 0 Å². The number of hydrogen-bond acceptors (Lipinski definition) is 7. The van der Waals surface area contributed by atoms with Crippen LogP contribution in [0.4, 0.5) is 5.69 Å². The van der Waals surface area contributed by atoms with Gasteiger partial charge >= 0.3 is 0 Å². The zero-order valence-corrected chi connectivity index (χ0v) is 14.6. The minimum atomic E-state index is -0.126. The summed E-state index contributed by atoms with van der Waals surface area (Å²) in [5, 5.41) is 4.02. The summed E-state index contributed by atoms with van der Waals surface area (Å²) in [6, 6.07) is 4.21. The van der Waals surface area contributed by atoms with Crippen LogP contribution in [0.5, 0.6) is 0 Å². The van der Waals surface area contributed by atoms with Gasteiger partial charge in [0.1, 0.15) is 6.10 Å². The van der Waals surface area contributed by atoms with Gasteiger partial charge in [-0.25, -0.2) is 0 Å². The summed E-state index contributed by atoms with van der Waals surface area (Å²) in [4.78, 5) is 13.4. The molecule has 1 fully saturated rings. The van der Waals surface area contributed by atoms with Crippen molar-refractivity contribution in [1.29, 1.82) is 0 Å². The van der Waals surface area contributed by atoms with Crippen LogP contribution >= 0.6 is 0 Å². The van der Waals surface area contributed by atoms with Crippen LogP contribution in [0.3, 0.4) is 0 Å². The van der Waals surface area contributed by atoms with Crippen molar-refractivity contribution >= 4 is 5.69 Å². The Morgan fingerprint density at radius 3 is 2.79 bits per heavy atom. The van der Waals surface area contributed by atoms with Gasteiger partial charge in [0.05, 0.1) is 6.54 Å². The van der Waals surface area contributed by atoms with E-state index < -0.39 is 0 Å². The fourth-order valence-corrected chi connectivity index (χ4v) is 2.90. The fraction of sp³-hybridized carbons (Fsp3) is 0.588. The topological polar surface area (TPSA) is 67.5 Å². The molecule has 0 spiro atoms. The maximum absolute atomic E-state index is 5.49. The van der Waals surface area contributed by atoms with Crippen LogP contribution in [0.1, 0.15) is 37.4 Å². The van der Waals surface area contributed by atoms with Crippen molar-refractivity contribution in [3.8, 4) is 0 Å². The summed E-state index contributed by atoms with van der Waals surface area (Å²) >= 11 is 0. The van der Waals surface area contributed by atoms with Crippen molar-refractivity contribution in [2.45, 2.75) is 33.4 Å². The van der Waals surface area contributed by atoms with Gasteiger partial charge in [-0.05, 0) is 32.9 Å². The van der Waals surface area contributed by atoms with Gasteiger partial charge in [-0.1, -0.05) is 5.16 Å². The van der Waals surface area contributed by atoms with Crippen LogP contribution in [-0.4, -0.2) is 52.8 Å². The molecule has 0 N–H and O–H groups in total. The van der Waals surface area contributed by atoms with Crippen molar-refractivity contribution in [2.24, 2.45) is 0 Å². The smallest absolute Gasteiger partial charge is 0.240 e. The minimum absolute atomic E-state index is 0.126. The van der Waals surface area contributed by atoms with Gasteiger partial charge < -0.3 is 14.2 Å². The van der Waals surface area contributed by atoms with Crippen molar-refractivity contribution in [1.82, 2.24) is 20.0 Å². The van der Waals surface area contributed by atoms with Crippen LogP contribution in [0.15, 0.2) is 22.9 Å². The summed E-state index contributed by atoms with van der Waals surface area (Å²) < 4.78 is 10.9. The van der Waals surface area contributed by atoms with Crippen molar-refractivity contribution in [2.75, 3.05) is 37.7 Å². The summed E-state index contributed by atoms with van der Waals surface area (Å²) in [6.45, 7) is 11.2. The largest absolute Gasteiger partial charge is 0.371 e. The molecule has 2 aromatic heterocycles. The number of pyridine rings is 1. The van der Waals surface area contributed by atoms with Crippen LogP contribution in [-0.2, 0) is 11.3 Å². The molecule has 0 aromatic carbocycles. The SMILES string of the molecule is CCOC(C)c1noc(CN2CCN(c3ccnc(C)c3)CC2)n1. The van der Waals surface area contributed by atoms with Gasteiger partial charge in [0.25, 0.3) is 0 Å². The summed E-state index contributed by atoms with van der Waals surface area (Å²) in [5.74, 6) is 1.28. The Bertz CT molecular complexity index is 652. The molecule has 3 rings (SSSR count). The first kappa shape index (κ1) is 16.9. The third-order valence-corrected chi connectivity index (χ3v) is 4.24. The average Bonchev–Trinajstić information content (AvgIpc) is 3.04. The Kier molecular flexibility index (Phi) is 5.42. The summed E-state index contributed by atoms with van der Waals surface area (Å²) in [7, 11) is 0. The van der Waals surface area contributed by atoms with Gasteiger partial charge in [-0.3, -0.25) is 9.88 Å². The number of anilines is 1. The maximum Gasteiger partial charge on any atom is 0.240 e. The van der Waals surface area contributed by atoms with Crippen LogP contribution < -0.4 is 4.90 Å². The van der Waals surface area contributed by atoms with E-state index in [0.717, 1.165) is 31.9 Å². The monoisotopic (exact) mass is 331 g/mol. The van der Waals surface area contributed by atoms with E-state index in [1.54, 1.807) is 0 Å². The number of nitrogens with zero attached hydrogens (tertiary/aromatic N) is 5. The first-order valence-corrected chi connectivity index (χ1v) is 8.49. The van der Waals surface area contributed by atoms with E-state index in [1.165, 1.54) is 5.69 Å². The van der Waals surface area contributed by atoms with Crippen molar-refractivity contribution in [3.63, 3.8) is 0 Å².